The van der Waals surface area contributed by atoms with Crippen molar-refractivity contribution in [2.24, 2.45) is 5.10 Å². The average Bonchev–Trinajstić information content (AvgIpc) is 2.68. The van der Waals surface area contributed by atoms with Crippen molar-refractivity contribution in [3.05, 3.63) is 94.5 Å². The Kier molecular flexibility index (Phi) is 6.12. The SMILES string of the molecule is O=C(N/N=C/c1ccc(OCc2ccccc2F)cc1)c1cccnc1Cl. The van der Waals surface area contributed by atoms with Gasteiger partial charge in [0.05, 0.1) is 11.8 Å². The Morgan fingerprint density at radius 2 is 1.93 bits per heavy atom. The van der Waals surface area contributed by atoms with E-state index in [4.69, 9.17) is 16.3 Å². The summed E-state index contributed by atoms with van der Waals surface area (Å²) in [4.78, 5) is 15.8. The maximum Gasteiger partial charge on any atom is 0.274 e. The number of halogens is 2. The Balaban J connectivity index is 1.54. The van der Waals surface area contributed by atoms with Crippen LogP contribution in [0.4, 0.5) is 4.39 Å². The van der Waals surface area contributed by atoms with Crippen molar-refractivity contribution in [3.63, 3.8) is 0 Å². The first-order chi connectivity index (χ1) is 13.1. The van der Waals surface area contributed by atoms with Crippen molar-refractivity contribution in [3.8, 4) is 5.75 Å². The van der Waals surface area contributed by atoms with E-state index in [0.29, 0.717) is 11.3 Å². The number of aromatic nitrogens is 1. The molecule has 136 valence electrons. The molecule has 1 N–H and O–H groups in total. The van der Waals surface area contributed by atoms with Crippen LogP contribution in [-0.2, 0) is 6.61 Å². The number of nitrogens with one attached hydrogen (secondary N) is 1. The molecule has 0 unspecified atom stereocenters. The van der Waals surface area contributed by atoms with Crippen molar-refractivity contribution >= 4 is 23.7 Å². The third kappa shape index (κ3) is 5.12. The second-order valence-electron chi connectivity index (χ2n) is 5.49. The summed E-state index contributed by atoms with van der Waals surface area (Å²) >= 11 is 5.85. The summed E-state index contributed by atoms with van der Waals surface area (Å²) in [5, 5.41) is 4.01. The molecule has 0 aliphatic rings. The van der Waals surface area contributed by atoms with E-state index in [1.165, 1.54) is 18.5 Å². The third-order valence-corrected chi connectivity index (χ3v) is 3.92. The minimum Gasteiger partial charge on any atom is -0.489 e. The Hall–Kier alpha value is -3.25. The van der Waals surface area contributed by atoms with Gasteiger partial charge in [0.2, 0.25) is 0 Å². The zero-order chi connectivity index (χ0) is 19.1. The Morgan fingerprint density at radius 1 is 1.15 bits per heavy atom. The zero-order valence-corrected chi connectivity index (χ0v) is 14.9. The molecule has 5 nitrogen and oxygen atoms in total. The maximum atomic E-state index is 13.6. The lowest BCUT2D eigenvalue weighted by Gasteiger charge is -2.07. The zero-order valence-electron chi connectivity index (χ0n) is 14.1. The minimum atomic E-state index is -0.450. The lowest BCUT2D eigenvalue weighted by Crippen LogP contribution is -2.18. The fourth-order valence-corrected chi connectivity index (χ4v) is 2.41. The molecule has 7 heteroatoms. The van der Waals surface area contributed by atoms with Crippen LogP contribution in [0.2, 0.25) is 5.15 Å². The van der Waals surface area contributed by atoms with Gasteiger partial charge in [-0.2, -0.15) is 5.10 Å². The van der Waals surface area contributed by atoms with E-state index in [2.05, 4.69) is 15.5 Å². The number of hydrogen-bond donors (Lipinski definition) is 1. The molecule has 27 heavy (non-hydrogen) atoms. The second kappa shape index (κ2) is 8.91. The average molecular weight is 384 g/mol. The number of benzene rings is 2. The highest BCUT2D eigenvalue weighted by Crippen LogP contribution is 2.15. The summed E-state index contributed by atoms with van der Waals surface area (Å²) in [7, 11) is 0. The van der Waals surface area contributed by atoms with Crippen molar-refractivity contribution in [2.75, 3.05) is 0 Å². The van der Waals surface area contributed by atoms with Gasteiger partial charge in [0.15, 0.2) is 0 Å². The molecular weight excluding hydrogens is 369 g/mol. The van der Waals surface area contributed by atoms with Gasteiger partial charge in [0.25, 0.3) is 5.91 Å². The maximum absolute atomic E-state index is 13.6. The molecule has 0 fully saturated rings. The van der Waals surface area contributed by atoms with Crippen molar-refractivity contribution in [1.82, 2.24) is 10.4 Å². The third-order valence-electron chi connectivity index (χ3n) is 3.62. The number of hydrazone groups is 1. The van der Waals surface area contributed by atoms with Gasteiger partial charge in [-0.15, -0.1) is 0 Å². The van der Waals surface area contributed by atoms with Crippen molar-refractivity contribution < 1.29 is 13.9 Å². The smallest absolute Gasteiger partial charge is 0.274 e. The van der Waals surface area contributed by atoms with E-state index in [-0.39, 0.29) is 23.1 Å². The number of amides is 1. The molecule has 0 saturated carbocycles. The van der Waals surface area contributed by atoms with Gasteiger partial charge in [0, 0.05) is 11.8 Å². The van der Waals surface area contributed by atoms with Gasteiger partial charge >= 0.3 is 0 Å². The van der Waals surface area contributed by atoms with Crippen LogP contribution in [-0.4, -0.2) is 17.1 Å². The number of ether oxygens (including phenoxy) is 1. The second-order valence-corrected chi connectivity index (χ2v) is 5.85. The summed E-state index contributed by atoms with van der Waals surface area (Å²) in [6, 6.07) is 16.6. The number of nitrogens with zero attached hydrogens (tertiary/aromatic N) is 2. The summed E-state index contributed by atoms with van der Waals surface area (Å²) < 4.78 is 19.1. The molecule has 0 aliphatic heterocycles. The molecule has 2 aromatic carbocycles. The Labute approximate surface area is 160 Å². The normalized spacial score (nSPS) is 10.7. The quantitative estimate of drug-likeness (QED) is 0.394. The first kappa shape index (κ1) is 18.5. The van der Waals surface area contributed by atoms with Gasteiger partial charge in [-0.05, 0) is 48.0 Å². The van der Waals surface area contributed by atoms with Crippen LogP contribution >= 0.6 is 11.6 Å². The standard InChI is InChI=1S/C20H15ClFN3O2/c21-19-17(5-3-11-23-19)20(26)25-24-12-14-7-9-16(10-8-14)27-13-15-4-1-2-6-18(15)22/h1-12H,13H2,(H,25,26)/b24-12+. The van der Waals surface area contributed by atoms with Crippen molar-refractivity contribution in [2.45, 2.75) is 6.61 Å². The van der Waals surface area contributed by atoms with Gasteiger partial charge in [-0.3, -0.25) is 4.79 Å². The molecule has 0 bridgehead atoms. The number of hydrogen-bond acceptors (Lipinski definition) is 4. The van der Waals surface area contributed by atoms with Crippen LogP contribution in [0.1, 0.15) is 21.5 Å². The molecule has 0 aliphatic carbocycles. The predicted molar refractivity (Wildman–Crippen MR) is 101 cm³/mol. The first-order valence-corrected chi connectivity index (χ1v) is 8.41. The van der Waals surface area contributed by atoms with E-state index in [0.717, 1.165) is 5.56 Å². The molecule has 3 rings (SSSR count). The molecular formula is C20H15ClFN3O2. The van der Waals surface area contributed by atoms with Gasteiger partial charge in [-0.25, -0.2) is 14.8 Å². The summed E-state index contributed by atoms with van der Waals surface area (Å²) in [6.07, 6.45) is 2.99. The van der Waals surface area contributed by atoms with Crippen LogP contribution in [0.25, 0.3) is 0 Å². The van der Waals surface area contributed by atoms with Gasteiger partial charge in [-0.1, -0.05) is 29.8 Å². The molecule has 3 aromatic rings. The Bertz CT molecular complexity index is 961. The highest BCUT2D eigenvalue weighted by molar-refractivity contribution is 6.32. The first-order valence-electron chi connectivity index (χ1n) is 8.03. The predicted octanol–water partition coefficient (Wildman–Crippen LogP) is 4.22. The highest BCUT2D eigenvalue weighted by Gasteiger charge is 2.09. The lowest BCUT2D eigenvalue weighted by atomic mass is 10.2. The number of pyridine rings is 1. The van der Waals surface area contributed by atoms with E-state index in [1.54, 1.807) is 54.6 Å². The summed E-state index contributed by atoms with van der Waals surface area (Å²) in [6.45, 7) is 0.141. The summed E-state index contributed by atoms with van der Waals surface area (Å²) in [5.74, 6) is -0.151. The lowest BCUT2D eigenvalue weighted by molar-refractivity contribution is 0.0955. The molecule has 0 saturated heterocycles. The van der Waals surface area contributed by atoms with Crippen LogP contribution < -0.4 is 10.2 Å². The molecule has 0 radical (unpaired) electrons. The topological polar surface area (TPSA) is 63.6 Å². The highest BCUT2D eigenvalue weighted by atomic mass is 35.5. The monoisotopic (exact) mass is 383 g/mol. The van der Waals surface area contributed by atoms with Crippen LogP contribution in [0.3, 0.4) is 0 Å². The van der Waals surface area contributed by atoms with Crippen molar-refractivity contribution in [1.29, 1.82) is 0 Å². The number of rotatable bonds is 6. The fourth-order valence-electron chi connectivity index (χ4n) is 2.21. The van der Waals surface area contributed by atoms with E-state index < -0.39 is 5.91 Å². The Morgan fingerprint density at radius 3 is 2.67 bits per heavy atom. The number of carbonyl (C=O) groups excluding carboxylic acids is 1. The van der Waals surface area contributed by atoms with Crippen LogP contribution in [0.15, 0.2) is 72.0 Å². The largest absolute Gasteiger partial charge is 0.489 e. The van der Waals surface area contributed by atoms with E-state index >= 15 is 0 Å². The molecule has 0 atom stereocenters. The van der Waals surface area contributed by atoms with E-state index in [1.807, 2.05) is 0 Å². The van der Waals surface area contributed by atoms with Gasteiger partial charge < -0.3 is 4.74 Å². The fraction of sp³-hybridized carbons (Fsp3) is 0.0500. The molecule has 1 heterocycles. The molecule has 0 spiro atoms. The number of carbonyl (C=O) groups is 1. The molecule has 1 aromatic heterocycles. The van der Waals surface area contributed by atoms with Gasteiger partial charge in [0.1, 0.15) is 23.3 Å². The molecule has 1 amide bonds. The van der Waals surface area contributed by atoms with Crippen LogP contribution in [0.5, 0.6) is 5.75 Å². The summed E-state index contributed by atoms with van der Waals surface area (Å²) in [5.41, 5.74) is 3.87. The van der Waals surface area contributed by atoms with Crippen LogP contribution in [0, 0.1) is 5.82 Å². The van der Waals surface area contributed by atoms with E-state index in [9.17, 15) is 9.18 Å². The minimum absolute atomic E-state index is 0.113.